The van der Waals surface area contributed by atoms with Gasteiger partial charge in [-0.25, -0.2) is 4.98 Å². The predicted molar refractivity (Wildman–Crippen MR) is 111 cm³/mol. The fraction of sp³-hybridized carbons (Fsp3) is 0.316. The van der Waals surface area contributed by atoms with Crippen molar-refractivity contribution in [3.05, 3.63) is 47.6 Å². The van der Waals surface area contributed by atoms with Crippen LogP contribution in [0.3, 0.4) is 0 Å². The molecular weight excluding hydrogens is 394 g/mol. The summed E-state index contributed by atoms with van der Waals surface area (Å²) in [6.45, 7) is 1.63. The minimum Gasteiger partial charge on any atom is -0.382 e. The average molecular weight is 416 g/mol. The molecule has 10 heteroatoms. The molecule has 3 heterocycles. The van der Waals surface area contributed by atoms with Gasteiger partial charge in [0.15, 0.2) is 11.5 Å². The molecule has 0 radical (unpaired) electrons. The van der Waals surface area contributed by atoms with E-state index in [1.54, 1.807) is 6.33 Å². The third-order valence-corrected chi connectivity index (χ3v) is 4.80. The number of nitrogens with one attached hydrogen (secondary N) is 2. The Hall–Kier alpha value is -2.72. The van der Waals surface area contributed by atoms with Crippen molar-refractivity contribution in [2.45, 2.75) is 32.3 Å². The summed E-state index contributed by atoms with van der Waals surface area (Å²) in [7, 11) is 0. The summed E-state index contributed by atoms with van der Waals surface area (Å²) in [5.41, 5.74) is 9.13. The van der Waals surface area contributed by atoms with E-state index in [4.69, 9.17) is 22.1 Å². The van der Waals surface area contributed by atoms with Gasteiger partial charge in [-0.05, 0) is 53.6 Å². The standard InChI is InChI=1S/C19H22ClN7O2/c20-18-25-16(21)15-17(26-18)27(11-24-15)7-1-2-8-29-19(28)23-10-12-3-4-14-13(9-12)5-6-22-14/h3-6,9,11,19,22-23,28H,1-2,7-8,10H2,(H2,21,25,26). The lowest BCUT2D eigenvalue weighted by Gasteiger charge is -2.14. The highest BCUT2D eigenvalue weighted by Gasteiger charge is 2.10. The first-order valence-corrected chi connectivity index (χ1v) is 9.71. The number of aliphatic hydroxyl groups excluding tert-OH is 1. The molecule has 1 aromatic carbocycles. The number of rotatable bonds is 9. The number of anilines is 1. The van der Waals surface area contributed by atoms with Crippen molar-refractivity contribution in [1.82, 2.24) is 29.8 Å². The molecule has 0 aliphatic carbocycles. The maximum atomic E-state index is 9.97. The van der Waals surface area contributed by atoms with Crippen molar-refractivity contribution in [3.63, 3.8) is 0 Å². The molecule has 29 heavy (non-hydrogen) atoms. The number of aromatic amines is 1. The number of unbranched alkanes of at least 4 members (excludes halogenated alkanes) is 1. The van der Waals surface area contributed by atoms with Crippen molar-refractivity contribution < 1.29 is 9.84 Å². The number of ether oxygens (including phenoxy) is 1. The van der Waals surface area contributed by atoms with Crippen LogP contribution in [0.25, 0.3) is 22.1 Å². The summed E-state index contributed by atoms with van der Waals surface area (Å²) in [5, 5.41) is 14.2. The first kappa shape index (κ1) is 19.6. The highest BCUT2D eigenvalue weighted by atomic mass is 35.5. The van der Waals surface area contributed by atoms with Crippen LogP contribution in [0.2, 0.25) is 5.28 Å². The number of aliphatic hydroxyl groups is 1. The number of aromatic nitrogens is 5. The van der Waals surface area contributed by atoms with E-state index in [1.165, 1.54) is 0 Å². The monoisotopic (exact) mass is 415 g/mol. The smallest absolute Gasteiger partial charge is 0.226 e. The minimum absolute atomic E-state index is 0.102. The Labute approximate surface area is 171 Å². The molecule has 0 aliphatic rings. The second kappa shape index (κ2) is 8.75. The minimum atomic E-state index is -1.02. The van der Waals surface area contributed by atoms with E-state index >= 15 is 0 Å². The van der Waals surface area contributed by atoms with Gasteiger partial charge in [0.1, 0.15) is 5.52 Å². The number of nitrogens with two attached hydrogens (primary N) is 1. The molecule has 5 N–H and O–H groups in total. The number of nitrogen functional groups attached to an aromatic ring is 1. The summed E-state index contributed by atoms with van der Waals surface area (Å²) >= 11 is 5.87. The Balaban J connectivity index is 1.18. The van der Waals surface area contributed by atoms with Crippen LogP contribution in [-0.4, -0.2) is 42.6 Å². The molecular formula is C19H22ClN7O2. The third kappa shape index (κ3) is 4.65. The van der Waals surface area contributed by atoms with Crippen LogP contribution < -0.4 is 11.1 Å². The molecule has 0 bridgehead atoms. The zero-order valence-electron chi connectivity index (χ0n) is 15.7. The Bertz CT molecular complexity index is 1110. The van der Waals surface area contributed by atoms with Crippen LogP contribution >= 0.6 is 11.6 Å². The Kier molecular flexibility index (Phi) is 5.91. The topological polar surface area (TPSA) is 127 Å². The number of nitrogens with zero attached hydrogens (tertiary/aromatic N) is 4. The summed E-state index contributed by atoms with van der Waals surface area (Å²) in [4.78, 5) is 15.5. The van der Waals surface area contributed by atoms with Gasteiger partial charge in [0, 0.05) is 24.8 Å². The normalized spacial score (nSPS) is 12.8. The van der Waals surface area contributed by atoms with E-state index in [0.717, 1.165) is 29.3 Å². The van der Waals surface area contributed by atoms with E-state index in [-0.39, 0.29) is 11.1 Å². The van der Waals surface area contributed by atoms with Crippen molar-refractivity contribution in [1.29, 1.82) is 0 Å². The lowest BCUT2D eigenvalue weighted by atomic mass is 10.1. The molecule has 3 aromatic heterocycles. The maximum absolute atomic E-state index is 9.97. The van der Waals surface area contributed by atoms with Crippen LogP contribution in [0.15, 0.2) is 36.8 Å². The van der Waals surface area contributed by atoms with E-state index in [0.29, 0.717) is 30.9 Å². The lowest BCUT2D eigenvalue weighted by molar-refractivity contribution is -0.122. The van der Waals surface area contributed by atoms with E-state index in [9.17, 15) is 5.11 Å². The first-order chi connectivity index (χ1) is 14.1. The molecule has 0 saturated heterocycles. The predicted octanol–water partition coefficient (Wildman–Crippen LogP) is 2.41. The number of hydrogen-bond donors (Lipinski definition) is 4. The van der Waals surface area contributed by atoms with Gasteiger partial charge in [-0.15, -0.1) is 0 Å². The number of aryl methyl sites for hydroxylation is 1. The van der Waals surface area contributed by atoms with Crippen LogP contribution in [0, 0.1) is 0 Å². The van der Waals surface area contributed by atoms with Gasteiger partial charge >= 0.3 is 0 Å². The van der Waals surface area contributed by atoms with Crippen LogP contribution in [-0.2, 0) is 17.8 Å². The third-order valence-electron chi connectivity index (χ3n) is 4.63. The number of hydrogen-bond acceptors (Lipinski definition) is 7. The van der Waals surface area contributed by atoms with E-state index < -0.39 is 6.41 Å². The Morgan fingerprint density at radius 2 is 2.17 bits per heavy atom. The second-order valence-electron chi connectivity index (χ2n) is 6.70. The number of imidazole rings is 1. The zero-order valence-corrected chi connectivity index (χ0v) is 16.4. The molecule has 152 valence electrons. The number of fused-ring (bicyclic) bond motifs is 2. The van der Waals surface area contributed by atoms with Crippen LogP contribution in [0.1, 0.15) is 18.4 Å². The average Bonchev–Trinajstić information content (AvgIpc) is 3.32. The fourth-order valence-electron chi connectivity index (χ4n) is 3.16. The molecule has 0 aliphatic heterocycles. The summed E-state index contributed by atoms with van der Waals surface area (Å²) in [6.07, 6.45) is 4.15. The second-order valence-corrected chi connectivity index (χ2v) is 7.04. The SMILES string of the molecule is Nc1nc(Cl)nc2c1ncn2CCCCOC(O)NCc1ccc2[nH]ccc2c1. The number of benzene rings is 1. The van der Waals surface area contributed by atoms with Gasteiger partial charge in [0.05, 0.1) is 12.9 Å². The first-order valence-electron chi connectivity index (χ1n) is 9.33. The summed E-state index contributed by atoms with van der Waals surface area (Å²) in [6, 6.07) is 8.12. The molecule has 1 unspecified atom stereocenters. The van der Waals surface area contributed by atoms with Crippen molar-refractivity contribution in [3.8, 4) is 0 Å². The molecule has 0 saturated carbocycles. The highest BCUT2D eigenvalue weighted by molar-refractivity contribution is 6.28. The Morgan fingerprint density at radius 1 is 1.28 bits per heavy atom. The summed E-state index contributed by atoms with van der Waals surface area (Å²) < 4.78 is 7.31. The van der Waals surface area contributed by atoms with Crippen LogP contribution in [0.5, 0.6) is 0 Å². The van der Waals surface area contributed by atoms with Gasteiger partial charge in [-0.3, -0.25) is 5.32 Å². The Morgan fingerprint density at radius 3 is 3.07 bits per heavy atom. The summed E-state index contributed by atoms with van der Waals surface area (Å²) in [5.74, 6) is 0.270. The van der Waals surface area contributed by atoms with Gasteiger partial charge in [-0.2, -0.15) is 9.97 Å². The molecule has 0 spiro atoms. The molecule has 0 fully saturated rings. The molecule has 4 aromatic rings. The van der Waals surface area contributed by atoms with Gasteiger partial charge < -0.3 is 25.1 Å². The molecule has 9 nitrogen and oxygen atoms in total. The largest absolute Gasteiger partial charge is 0.382 e. The van der Waals surface area contributed by atoms with Gasteiger partial charge in [0.25, 0.3) is 0 Å². The van der Waals surface area contributed by atoms with E-state index in [1.807, 2.05) is 29.0 Å². The van der Waals surface area contributed by atoms with Crippen molar-refractivity contribution in [2.75, 3.05) is 12.3 Å². The molecule has 4 rings (SSSR count). The maximum Gasteiger partial charge on any atom is 0.226 e. The number of H-pyrrole nitrogens is 1. The zero-order chi connectivity index (χ0) is 20.2. The van der Waals surface area contributed by atoms with Gasteiger partial charge in [0.2, 0.25) is 11.7 Å². The highest BCUT2D eigenvalue weighted by Crippen LogP contribution is 2.18. The van der Waals surface area contributed by atoms with Crippen molar-refractivity contribution in [2.24, 2.45) is 0 Å². The van der Waals surface area contributed by atoms with Gasteiger partial charge in [-0.1, -0.05) is 6.07 Å². The number of halogens is 1. The van der Waals surface area contributed by atoms with Crippen LogP contribution in [0.4, 0.5) is 5.82 Å². The van der Waals surface area contributed by atoms with E-state index in [2.05, 4.69) is 31.3 Å². The quantitative estimate of drug-likeness (QED) is 0.188. The van der Waals surface area contributed by atoms with Crippen molar-refractivity contribution >= 4 is 39.5 Å². The lowest BCUT2D eigenvalue weighted by Crippen LogP contribution is -2.31. The molecule has 1 atom stereocenters. The molecule has 0 amide bonds. The fourth-order valence-corrected chi connectivity index (χ4v) is 3.33.